The molecule has 3 rings (SSSR count). The lowest BCUT2D eigenvalue weighted by Crippen LogP contribution is -2.04. The van der Waals surface area contributed by atoms with Crippen molar-refractivity contribution in [2.75, 3.05) is 0 Å². The third kappa shape index (κ3) is 2.49. The van der Waals surface area contributed by atoms with Gasteiger partial charge in [0.05, 0.1) is 11.1 Å². The van der Waals surface area contributed by atoms with E-state index < -0.39 is 11.7 Å². The van der Waals surface area contributed by atoms with Gasteiger partial charge in [0.2, 0.25) is 0 Å². The van der Waals surface area contributed by atoms with E-state index in [1.54, 1.807) is 6.20 Å². The molecule has 1 nitrogen and oxygen atoms in total. The second-order valence-corrected chi connectivity index (χ2v) is 4.89. The van der Waals surface area contributed by atoms with Crippen LogP contribution in [0.5, 0.6) is 0 Å². The van der Waals surface area contributed by atoms with Crippen molar-refractivity contribution < 1.29 is 13.2 Å². The van der Waals surface area contributed by atoms with Crippen LogP contribution in [-0.2, 0) is 6.18 Å². The Morgan fingerprint density at radius 3 is 2.24 bits per heavy atom. The molecular weight excluding hydrogens is 275 g/mol. The number of benzene rings is 2. The summed E-state index contributed by atoms with van der Waals surface area (Å²) in [7, 11) is 0. The fourth-order valence-electron chi connectivity index (χ4n) is 2.41. The Hall–Kier alpha value is -2.36. The first-order valence-electron chi connectivity index (χ1n) is 6.49. The van der Waals surface area contributed by atoms with Gasteiger partial charge < -0.3 is 0 Å². The quantitative estimate of drug-likeness (QED) is 0.597. The first-order valence-corrected chi connectivity index (χ1v) is 6.49. The van der Waals surface area contributed by atoms with E-state index in [9.17, 15) is 13.2 Å². The molecular formula is C17H12F3N. The molecule has 0 aliphatic carbocycles. The van der Waals surface area contributed by atoms with Crippen molar-refractivity contribution in [2.45, 2.75) is 13.1 Å². The molecule has 0 unspecified atom stereocenters. The summed E-state index contributed by atoms with van der Waals surface area (Å²) in [5.41, 5.74) is 2.84. The Labute approximate surface area is 120 Å². The first-order chi connectivity index (χ1) is 9.97. The number of aromatic nitrogens is 1. The molecule has 0 aliphatic heterocycles. The van der Waals surface area contributed by atoms with Gasteiger partial charge in [0.1, 0.15) is 0 Å². The minimum Gasteiger partial charge on any atom is -0.256 e. The topological polar surface area (TPSA) is 12.9 Å². The molecule has 21 heavy (non-hydrogen) atoms. The summed E-state index contributed by atoms with van der Waals surface area (Å²) in [6.45, 7) is 1.96. The van der Waals surface area contributed by atoms with Crippen molar-refractivity contribution in [3.63, 3.8) is 0 Å². The minimum atomic E-state index is -4.31. The number of aryl methyl sites for hydroxylation is 1. The van der Waals surface area contributed by atoms with Crippen LogP contribution in [0.15, 0.2) is 54.7 Å². The Bertz CT molecular complexity index is 789. The molecule has 4 heteroatoms. The maximum atomic E-state index is 12.6. The molecule has 1 heterocycles. The molecule has 3 aromatic rings. The van der Waals surface area contributed by atoms with E-state index in [2.05, 4.69) is 4.98 Å². The SMILES string of the molecule is Cc1c(-c2ccc(C(F)(F)F)cc2)cnc2ccccc12. The van der Waals surface area contributed by atoms with Crippen LogP contribution < -0.4 is 0 Å². The summed E-state index contributed by atoms with van der Waals surface area (Å²) in [4.78, 5) is 4.37. The summed E-state index contributed by atoms with van der Waals surface area (Å²) < 4.78 is 37.8. The molecule has 0 N–H and O–H groups in total. The van der Waals surface area contributed by atoms with Gasteiger partial charge in [-0.15, -0.1) is 0 Å². The summed E-state index contributed by atoms with van der Waals surface area (Å²) in [5, 5.41) is 1.01. The molecule has 0 bridgehead atoms. The van der Waals surface area contributed by atoms with Crippen LogP contribution in [0.1, 0.15) is 11.1 Å². The van der Waals surface area contributed by atoms with Gasteiger partial charge in [0.15, 0.2) is 0 Å². The average Bonchev–Trinajstić information content (AvgIpc) is 2.47. The van der Waals surface area contributed by atoms with E-state index >= 15 is 0 Å². The molecule has 0 aliphatic rings. The number of rotatable bonds is 1. The number of alkyl halides is 3. The van der Waals surface area contributed by atoms with E-state index in [-0.39, 0.29) is 0 Å². The highest BCUT2D eigenvalue weighted by molar-refractivity contribution is 5.88. The van der Waals surface area contributed by atoms with Gasteiger partial charge in [-0.3, -0.25) is 4.98 Å². The van der Waals surface area contributed by atoms with Gasteiger partial charge in [-0.05, 0) is 36.2 Å². The first kappa shape index (κ1) is 13.6. The van der Waals surface area contributed by atoms with Crippen LogP contribution in [0, 0.1) is 6.92 Å². The number of fused-ring (bicyclic) bond motifs is 1. The van der Waals surface area contributed by atoms with Crippen molar-refractivity contribution in [3.05, 3.63) is 65.9 Å². The molecule has 2 aromatic carbocycles. The zero-order valence-electron chi connectivity index (χ0n) is 11.3. The third-order valence-electron chi connectivity index (χ3n) is 3.57. The molecule has 0 atom stereocenters. The van der Waals surface area contributed by atoms with E-state index in [1.807, 2.05) is 31.2 Å². The Kier molecular flexibility index (Phi) is 3.16. The van der Waals surface area contributed by atoms with Crippen LogP contribution in [-0.4, -0.2) is 4.98 Å². The lowest BCUT2D eigenvalue weighted by atomic mass is 9.98. The molecule has 0 amide bonds. The van der Waals surface area contributed by atoms with E-state index in [0.717, 1.165) is 39.7 Å². The van der Waals surface area contributed by atoms with E-state index in [1.165, 1.54) is 12.1 Å². The zero-order chi connectivity index (χ0) is 15.0. The molecule has 0 saturated heterocycles. The molecule has 0 radical (unpaired) electrons. The second kappa shape index (κ2) is 4.88. The summed E-state index contributed by atoms with van der Waals surface area (Å²) in [6, 6.07) is 12.9. The fraction of sp³-hybridized carbons (Fsp3) is 0.118. The van der Waals surface area contributed by atoms with E-state index in [0.29, 0.717) is 0 Å². The van der Waals surface area contributed by atoms with Gasteiger partial charge in [-0.2, -0.15) is 13.2 Å². The highest BCUT2D eigenvalue weighted by atomic mass is 19.4. The maximum absolute atomic E-state index is 12.6. The van der Waals surface area contributed by atoms with E-state index in [4.69, 9.17) is 0 Å². The van der Waals surface area contributed by atoms with Crippen LogP contribution >= 0.6 is 0 Å². The number of hydrogen-bond acceptors (Lipinski definition) is 1. The standard InChI is InChI=1S/C17H12F3N/c1-11-14-4-2-3-5-16(14)21-10-15(11)12-6-8-13(9-7-12)17(18,19)20/h2-10H,1H3. The highest BCUT2D eigenvalue weighted by Crippen LogP contribution is 2.32. The summed E-state index contributed by atoms with van der Waals surface area (Å²) in [6.07, 6.45) is -2.60. The largest absolute Gasteiger partial charge is 0.416 e. The van der Waals surface area contributed by atoms with Gasteiger partial charge in [-0.25, -0.2) is 0 Å². The van der Waals surface area contributed by atoms with Crippen LogP contribution in [0.4, 0.5) is 13.2 Å². The zero-order valence-corrected chi connectivity index (χ0v) is 11.3. The lowest BCUT2D eigenvalue weighted by Gasteiger charge is -2.11. The van der Waals surface area contributed by atoms with Crippen molar-refractivity contribution in [1.82, 2.24) is 4.98 Å². The van der Waals surface area contributed by atoms with Crippen molar-refractivity contribution in [1.29, 1.82) is 0 Å². The molecule has 0 fully saturated rings. The number of pyridine rings is 1. The van der Waals surface area contributed by atoms with Crippen molar-refractivity contribution >= 4 is 10.9 Å². The maximum Gasteiger partial charge on any atom is 0.416 e. The van der Waals surface area contributed by atoms with Crippen molar-refractivity contribution in [2.24, 2.45) is 0 Å². The Balaban J connectivity index is 2.10. The second-order valence-electron chi connectivity index (χ2n) is 4.89. The number of para-hydroxylation sites is 1. The molecule has 0 spiro atoms. The van der Waals surface area contributed by atoms with Crippen LogP contribution in [0.3, 0.4) is 0 Å². The monoisotopic (exact) mass is 287 g/mol. The Morgan fingerprint density at radius 2 is 1.57 bits per heavy atom. The number of nitrogens with zero attached hydrogens (tertiary/aromatic N) is 1. The Morgan fingerprint density at radius 1 is 0.905 bits per heavy atom. The highest BCUT2D eigenvalue weighted by Gasteiger charge is 2.30. The smallest absolute Gasteiger partial charge is 0.256 e. The average molecular weight is 287 g/mol. The predicted octanol–water partition coefficient (Wildman–Crippen LogP) is 5.23. The van der Waals surface area contributed by atoms with Gasteiger partial charge in [0.25, 0.3) is 0 Å². The molecule has 106 valence electrons. The van der Waals surface area contributed by atoms with Gasteiger partial charge >= 0.3 is 6.18 Å². The molecule has 1 aromatic heterocycles. The normalized spacial score (nSPS) is 11.8. The summed E-state index contributed by atoms with van der Waals surface area (Å²) >= 11 is 0. The van der Waals surface area contributed by atoms with Gasteiger partial charge in [0, 0.05) is 17.1 Å². The molecule has 0 saturated carbocycles. The lowest BCUT2D eigenvalue weighted by molar-refractivity contribution is -0.137. The van der Waals surface area contributed by atoms with Crippen LogP contribution in [0.25, 0.3) is 22.0 Å². The fourth-order valence-corrected chi connectivity index (χ4v) is 2.41. The minimum absolute atomic E-state index is 0.641. The predicted molar refractivity (Wildman–Crippen MR) is 76.9 cm³/mol. The van der Waals surface area contributed by atoms with Crippen molar-refractivity contribution in [3.8, 4) is 11.1 Å². The van der Waals surface area contributed by atoms with Crippen LogP contribution in [0.2, 0.25) is 0 Å². The number of halogens is 3. The number of hydrogen-bond donors (Lipinski definition) is 0. The third-order valence-corrected chi connectivity index (χ3v) is 3.57. The summed E-state index contributed by atoms with van der Waals surface area (Å²) in [5.74, 6) is 0. The van der Waals surface area contributed by atoms with Gasteiger partial charge in [-0.1, -0.05) is 30.3 Å².